The summed E-state index contributed by atoms with van der Waals surface area (Å²) in [5.41, 5.74) is -1.58. The smallest absolute Gasteiger partial charge is 0.345 e. The number of nitro benzene ring substituents is 1. The highest BCUT2D eigenvalue weighted by Gasteiger charge is 2.39. The van der Waals surface area contributed by atoms with E-state index in [0.29, 0.717) is 0 Å². The van der Waals surface area contributed by atoms with Crippen molar-refractivity contribution in [3.8, 4) is 0 Å². The number of nitrogens with one attached hydrogen (secondary N) is 1. The number of para-hydroxylation sites is 1. The largest absolute Gasteiger partial charge is 0.452 e. The van der Waals surface area contributed by atoms with Crippen LogP contribution in [0.5, 0.6) is 0 Å². The molecule has 1 atom stereocenters. The molecule has 1 heterocycles. The Morgan fingerprint density at radius 3 is 2.62 bits per heavy atom. The third-order valence-electron chi connectivity index (χ3n) is 3.60. The van der Waals surface area contributed by atoms with Crippen LogP contribution in [0.25, 0.3) is 0 Å². The first-order chi connectivity index (χ1) is 11.1. The lowest BCUT2D eigenvalue weighted by Crippen LogP contribution is -2.48. The van der Waals surface area contributed by atoms with E-state index in [9.17, 15) is 28.1 Å². The molecule has 1 aromatic rings. The van der Waals surface area contributed by atoms with Crippen LogP contribution in [0.1, 0.15) is 23.7 Å². The van der Waals surface area contributed by atoms with Gasteiger partial charge < -0.3 is 10.1 Å². The second-order valence-corrected chi connectivity index (χ2v) is 7.99. The maximum atomic E-state index is 11.9. The number of carbonyl (C=O) groups is 2. The molecule has 0 bridgehead atoms. The highest BCUT2D eigenvalue weighted by molar-refractivity contribution is 7.91. The Hall–Kier alpha value is -2.49. The van der Waals surface area contributed by atoms with Gasteiger partial charge in [-0.1, -0.05) is 12.1 Å². The van der Waals surface area contributed by atoms with Crippen LogP contribution in [0, 0.1) is 10.1 Å². The van der Waals surface area contributed by atoms with Gasteiger partial charge in [0.15, 0.2) is 16.4 Å². The van der Waals surface area contributed by atoms with Crippen molar-refractivity contribution in [3.05, 3.63) is 39.9 Å². The molecule has 24 heavy (non-hydrogen) atoms. The summed E-state index contributed by atoms with van der Waals surface area (Å²) in [5, 5.41) is 13.4. The molecule has 1 aromatic carbocycles. The van der Waals surface area contributed by atoms with Gasteiger partial charge in [-0.2, -0.15) is 0 Å². The Morgan fingerprint density at radius 1 is 1.38 bits per heavy atom. The Labute approximate surface area is 138 Å². The molecular weight excluding hydrogens is 340 g/mol. The minimum absolute atomic E-state index is 0.0141. The monoisotopic (exact) mass is 356 g/mol. The van der Waals surface area contributed by atoms with Gasteiger partial charge in [-0.3, -0.25) is 14.9 Å². The molecular formula is C14H16N2O7S. The van der Waals surface area contributed by atoms with Gasteiger partial charge in [-0.15, -0.1) is 0 Å². The number of nitrogens with zero attached hydrogens (tertiary/aromatic N) is 1. The first-order valence-corrected chi connectivity index (χ1v) is 8.86. The Balaban J connectivity index is 1.95. The van der Waals surface area contributed by atoms with E-state index in [4.69, 9.17) is 4.74 Å². The summed E-state index contributed by atoms with van der Waals surface area (Å²) in [6, 6.07) is 5.22. The van der Waals surface area contributed by atoms with Crippen LogP contribution in [-0.4, -0.2) is 48.9 Å². The predicted molar refractivity (Wildman–Crippen MR) is 83.2 cm³/mol. The molecule has 1 fully saturated rings. The molecule has 9 nitrogen and oxygen atoms in total. The second-order valence-electron chi connectivity index (χ2n) is 5.80. The molecule has 1 aliphatic rings. The molecule has 130 valence electrons. The number of carbonyl (C=O) groups excluding carboxylic acids is 2. The van der Waals surface area contributed by atoms with Gasteiger partial charge in [0, 0.05) is 6.07 Å². The van der Waals surface area contributed by atoms with Gasteiger partial charge in [0.1, 0.15) is 5.56 Å². The summed E-state index contributed by atoms with van der Waals surface area (Å²) in [6.45, 7) is 0.944. The van der Waals surface area contributed by atoms with Crippen molar-refractivity contribution in [1.82, 2.24) is 5.32 Å². The van der Waals surface area contributed by atoms with Gasteiger partial charge in [0.25, 0.3) is 11.6 Å². The number of rotatable bonds is 5. The molecule has 0 aliphatic carbocycles. The van der Waals surface area contributed by atoms with Crippen LogP contribution < -0.4 is 5.32 Å². The molecule has 10 heteroatoms. The van der Waals surface area contributed by atoms with Crippen LogP contribution in [0.3, 0.4) is 0 Å². The zero-order valence-electron chi connectivity index (χ0n) is 12.9. The Morgan fingerprint density at radius 2 is 2.04 bits per heavy atom. The van der Waals surface area contributed by atoms with Crippen molar-refractivity contribution in [2.75, 3.05) is 18.1 Å². The molecule has 0 spiro atoms. The summed E-state index contributed by atoms with van der Waals surface area (Å²) >= 11 is 0. The molecule has 1 aliphatic heterocycles. The van der Waals surface area contributed by atoms with Crippen molar-refractivity contribution in [3.63, 3.8) is 0 Å². The van der Waals surface area contributed by atoms with Crippen LogP contribution in [0.2, 0.25) is 0 Å². The normalized spacial score (nSPS) is 21.9. The lowest BCUT2D eigenvalue weighted by Gasteiger charge is -2.23. The van der Waals surface area contributed by atoms with Gasteiger partial charge >= 0.3 is 5.97 Å². The topological polar surface area (TPSA) is 133 Å². The van der Waals surface area contributed by atoms with Gasteiger partial charge in [-0.25, -0.2) is 13.2 Å². The summed E-state index contributed by atoms with van der Waals surface area (Å²) in [7, 11) is -3.19. The molecule has 1 amide bonds. The summed E-state index contributed by atoms with van der Waals surface area (Å²) in [5.74, 6) is -1.85. The van der Waals surface area contributed by atoms with E-state index < -0.39 is 44.5 Å². The molecule has 1 N–H and O–H groups in total. The van der Waals surface area contributed by atoms with E-state index in [1.54, 1.807) is 6.92 Å². The number of benzene rings is 1. The maximum Gasteiger partial charge on any atom is 0.345 e. The zero-order chi connectivity index (χ0) is 18.0. The van der Waals surface area contributed by atoms with Gasteiger partial charge in [0.2, 0.25) is 0 Å². The van der Waals surface area contributed by atoms with Gasteiger partial charge in [0.05, 0.1) is 22.0 Å². The molecule has 0 aromatic heterocycles. The van der Waals surface area contributed by atoms with E-state index in [1.165, 1.54) is 18.2 Å². The highest BCUT2D eigenvalue weighted by Crippen LogP contribution is 2.23. The fourth-order valence-electron chi connectivity index (χ4n) is 2.50. The third-order valence-corrected chi connectivity index (χ3v) is 5.50. The van der Waals surface area contributed by atoms with Gasteiger partial charge in [-0.05, 0) is 19.4 Å². The van der Waals surface area contributed by atoms with Crippen LogP contribution >= 0.6 is 0 Å². The van der Waals surface area contributed by atoms with Crippen LogP contribution in [0.4, 0.5) is 5.69 Å². The second kappa shape index (κ2) is 6.56. The first kappa shape index (κ1) is 17.9. The van der Waals surface area contributed by atoms with E-state index in [-0.39, 0.29) is 23.5 Å². The SMILES string of the molecule is C[C@]1(NC(=O)COC(=O)c2ccccc2[N+](=O)[O-])CCS(=O)(=O)C1. The lowest BCUT2D eigenvalue weighted by atomic mass is 10.0. The third kappa shape index (κ3) is 4.28. The summed E-state index contributed by atoms with van der Waals surface area (Å²) in [6.07, 6.45) is 0.277. The number of amides is 1. The standard InChI is InChI=1S/C14H16N2O7S/c1-14(6-7-24(21,22)9-14)15-12(17)8-23-13(18)10-4-2-3-5-11(10)16(19)20/h2-5H,6-9H2,1H3,(H,15,17)/t14-/m0/s1. The molecule has 0 unspecified atom stereocenters. The quantitative estimate of drug-likeness (QED) is 0.460. The Bertz CT molecular complexity index is 790. The predicted octanol–water partition coefficient (Wildman–Crippen LogP) is 0.445. The summed E-state index contributed by atoms with van der Waals surface area (Å²) < 4.78 is 27.7. The number of hydrogen-bond acceptors (Lipinski definition) is 7. The molecule has 1 saturated heterocycles. The summed E-state index contributed by atoms with van der Waals surface area (Å²) in [4.78, 5) is 33.9. The van der Waals surface area contributed by atoms with Crippen molar-refractivity contribution in [2.24, 2.45) is 0 Å². The Kier molecular flexibility index (Phi) is 4.88. The molecule has 0 radical (unpaired) electrons. The number of hydrogen-bond donors (Lipinski definition) is 1. The van der Waals surface area contributed by atoms with Crippen molar-refractivity contribution < 1.29 is 27.7 Å². The average Bonchev–Trinajstić information content (AvgIpc) is 2.78. The van der Waals surface area contributed by atoms with Crippen LogP contribution in [-0.2, 0) is 19.4 Å². The minimum Gasteiger partial charge on any atom is -0.452 e. The van der Waals surface area contributed by atoms with E-state index in [0.717, 1.165) is 6.07 Å². The maximum absolute atomic E-state index is 11.9. The number of sulfone groups is 1. The van der Waals surface area contributed by atoms with Crippen molar-refractivity contribution in [1.29, 1.82) is 0 Å². The lowest BCUT2D eigenvalue weighted by molar-refractivity contribution is -0.385. The fourth-order valence-corrected chi connectivity index (χ4v) is 4.59. The first-order valence-electron chi connectivity index (χ1n) is 7.04. The van der Waals surface area contributed by atoms with Crippen LogP contribution in [0.15, 0.2) is 24.3 Å². The molecule has 2 rings (SSSR count). The average molecular weight is 356 g/mol. The number of esters is 1. The minimum atomic E-state index is -3.19. The number of ether oxygens (including phenoxy) is 1. The fraction of sp³-hybridized carbons (Fsp3) is 0.429. The zero-order valence-corrected chi connectivity index (χ0v) is 13.7. The van der Waals surface area contributed by atoms with E-state index in [1.807, 2.05) is 0 Å². The van der Waals surface area contributed by atoms with E-state index in [2.05, 4.69) is 5.32 Å². The number of nitro groups is 1. The highest BCUT2D eigenvalue weighted by atomic mass is 32.2. The van der Waals surface area contributed by atoms with Crippen molar-refractivity contribution >= 4 is 27.4 Å². The van der Waals surface area contributed by atoms with E-state index >= 15 is 0 Å². The molecule has 0 saturated carbocycles. The van der Waals surface area contributed by atoms with Crippen molar-refractivity contribution in [2.45, 2.75) is 18.9 Å².